The van der Waals surface area contributed by atoms with Crippen molar-refractivity contribution in [3.8, 4) is 0 Å². The second-order valence-electron chi connectivity index (χ2n) is 8.35. The van der Waals surface area contributed by atoms with Crippen molar-refractivity contribution >= 4 is 38.2 Å². The van der Waals surface area contributed by atoms with E-state index in [2.05, 4.69) is 22.2 Å². The average Bonchev–Trinajstić information content (AvgIpc) is 2.78. The van der Waals surface area contributed by atoms with Crippen LogP contribution in [0.1, 0.15) is 48.7 Å². The van der Waals surface area contributed by atoms with Crippen LogP contribution >= 0.6 is 0 Å². The van der Waals surface area contributed by atoms with Crippen molar-refractivity contribution in [3.05, 3.63) is 53.9 Å². The van der Waals surface area contributed by atoms with E-state index in [1.54, 1.807) is 30.5 Å². The van der Waals surface area contributed by atoms with E-state index in [0.717, 1.165) is 43.3 Å². The number of rotatable bonds is 5. The number of aromatic nitrogens is 2. The van der Waals surface area contributed by atoms with Gasteiger partial charge in [0.05, 0.1) is 16.1 Å². The fraction of sp³-hybridized carbons (Fsp3) is 0.375. The van der Waals surface area contributed by atoms with Gasteiger partial charge in [0.25, 0.3) is 5.91 Å². The number of fused-ring (bicyclic) bond motifs is 1. The molecule has 0 saturated carbocycles. The number of nitrogens with zero attached hydrogens (tertiary/aromatic N) is 3. The average molecular weight is 453 g/mol. The van der Waals surface area contributed by atoms with Gasteiger partial charge in [0.15, 0.2) is 15.5 Å². The minimum Gasteiger partial charge on any atom is -0.354 e. The van der Waals surface area contributed by atoms with Gasteiger partial charge in [0, 0.05) is 41.8 Å². The highest BCUT2D eigenvalue weighted by molar-refractivity contribution is 7.90. The highest BCUT2D eigenvalue weighted by Crippen LogP contribution is 2.32. The van der Waals surface area contributed by atoms with Gasteiger partial charge >= 0.3 is 0 Å². The van der Waals surface area contributed by atoms with Crippen molar-refractivity contribution in [1.29, 1.82) is 0 Å². The Balaban J connectivity index is 1.79. The van der Waals surface area contributed by atoms with Crippen LogP contribution in [0.4, 0.5) is 11.4 Å². The Bertz CT molecular complexity index is 1260. The SMILES string of the molecule is CC[C@@H]1CCCCN1C(=O)c1cnc2nc(C)ccc2c1Nc1ccc(S(C)(=O)=O)cc1. The Morgan fingerprint density at radius 3 is 2.59 bits per heavy atom. The first-order chi connectivity index (χ1) is 15.3. The van der Waals surface area contributed by atoms with E-state index >= 15 is 0 Å². The highest BCUT2D eigenvalue weighted by Gasteiger charge is 2.28. The van der Waals surface area contributed by atoms with Crippen molar-refractivity contribution in [2.45, 2.75) is 50.5 Å². The summed E-state index contributed by atoms with van der Waals surface area (Å²) in [6, 6.07) is 10.6. The number of sulfone groups is 1. The molecule has 8 heteroatoms. The fourth-order valence-electron chi connectivity index (χ4n) is 4.25. The molecule has 1 aliphatic rings. The van der Waals surface area contributed by atoms with Crippen LogP contribution in [-0.4, -0.2) is 48.0 Å². The summed E-state index contributed by atoms with van der Waals surface area (Å²) in [5.74, 6) is -0.0400. The lowest BCUT2D eigenvalue weighted by atomic mass is 9.98. The fourth-order valence-corrected chi connectivity index (χ4v) is 4.88. The van der Waals surface area contributed by atoms with E-state index in [4.69, 9.17) is 0 Å². The van der Waals surface area contributed by atoms with E-state index in [0.29, 0.717) is 22.6 Å². The first-order valence-electron chi connectivity index (χ1n) is 10.9. The number of hydrogen-bond donors (Lipinski definition) is 1. The minimum atomic E-state index is -3.29. The predicted molar refractivity (Wildman–Crippen MR) is 126 cm³/mol. The summed E-state index contributed by atoms with van der Waals surface area (Å²) in [5.41, 5.74) is 3.22. The Hall–Kier alpha value is -3.00. The summed E-state index contributed by atoms with van der Waals surface area (Å²) in [4.78, 5) is 24.8. The number of amides is 1. The van der Waals surface area contributed by atoms with Crippen LogP contribution in [0.3, 0.4) is 0 Å². The van der Waals surface area contributed by atoms with Crippen LogP contribution in [0.2, 0.25) is 0 Å². The molecule has 1 N–H and O–H groups in total. The molecule has 1 atom stereocenters. The van der Waals surface area contributed by atoms with Gasteiger partial charge in [-0.2, -0.15) is 0 Å². The number of likely N-dealkylation sites (tertiary alicyclic amines) is 1. The first-order valence-corrected chi connectivity index (χ1v) is 12.8. The van der Waals surface area contributed by atoms with Crippen LogP contribution in [0, 0.1) is 6.92 Å². The number of hydrogen-bond acceptors (Lipinski definition) is 6. The molecule has 0 aliphatic carbocycles. The Kier molecular flexibility index (Phi) is 6.15. The third kappa shape index (κ3) is 4.46. The van der Waals surface area contributed by atoms with Crippen molar-refractivity contribution in [2.75, 3.05) is 18.1 Å². The second-order valence-corrected chi connectivity index (χ2v) is 10.4. The van der Waals surface area contributed by atoms with Gasteiger partial charge in [-0.05, 0) is 69.0 Å². The largest absolute Gasteiger partial charge is 0.354 e. The van der Waals surface area contributed by atoms with Crippen LogP contribution in [0.15, 0.2) is 47.5 Å². The maximum absolute atomic E-state index is 13.6. The zero-order valence-electron chi connectivity index (χ0n) is 18.6. The lowest BCUT2D eigenvalue weighted by Crippen LogP contribution is -2.43. The molecule has 0 unspecified atom stereocenters. The molecule has 3 aromatic rings. The summed E-state index contributed by atoms with van der Waals surface area (Å²) in [6.07, 6.45) is 6.85. The molecule has 4 rings (SSSR count). The van der Waals surface area contributed by atoms with Crippen molar-refractivity contribution < 1.29 is 13.2 Å². The molecule has 1 aliphatic heterocycles. The number of nitrogens with one attached hydrogen (secondary N) is 1. The number of anilines is 2. The molecule has 32 heavy (non-hydrogen) atoms. The maximum Gasteiger partial charge on any atom is 0.257 e. The maximum atomic E-state index is 13.6. The molecule has 2 aromatic heterocycles. The van der Waals surface area contributed by atoms with Crippen LogP contribution < -0.4 is 5.32 Å². The van der Waals surface area contributed by atoms with Crippen LogP contribution in [0.5, 0.6) is 0 Å². The number of pyridine rings is 2. The molecule has 1 fully saturated rings. The summed E-state index contributed by atoms with van der Waals surface area (Å²) >= 11 is 0. The van der Waals surface area contributed by atoms with Gasteiger partial charge in [-0.25, -0.2) is 18.4 Å². The Labute approximate surface area is 188 Å². The van der Waals surface area contributed by atoms with Gasteiger partial charge in [-0.15, -0.1) is 0 Å². The molecular formula is C24H28N4O3S. The van der Waals surface area contributed by atoms with Gasteiger partial charge in [-0.3, -0.25) is 4.79 Å². The molecule has 1 aromatic carbocycles. The third-order valence-electron chi connectivity index (χ3n) is 6.01. The number of carbonyl (C=O) groups excluding carboxylic acids is 1. The summed E-state index contributed by atoms with van der Waals surface area (Å²) in [5, 5.41) is 4.09. The zero-order chi connectivity index (χ0) is 22.9. The quantitative estimate of drug-likeness (QED) is 0.613. The standard InChI is InChI=1S/C24H28N4O3S/c1-4-18-7-5-6-14-28(18)24(29)21-15-25-23-20(13-8-16(2)26-23)22(21)27-17-9-11-19(12-10-17)32(3,30)31/h8-13,15,18H,4-7,14H2,1-3H3,(H,25,26,27)/t18-/m1/s1. The van der Waals surface area contributed by atoms with Gasteiger partial charge in [0.2, 0.25) is 0 Å². The first kappa shape index (κ1) is 22.2. The van der Waals surface area contributed by atoms with Crippen molar-refractivity contribution in [2.24, 2.45) is 0 Å². The molecule has 0 bridgehead atoms. The number of aryl methyl sites for hydroxylation is 1. The van der Waals surface area contributed by atoms with Gasteiger partial charge < -0.3 is 10.2 Å². The van der Waals surface area contributed by atoms with E-state index in [9.17, 15) is 13.2 Å². The van der Waals surface area contributed by atoms with Crippen LogP contribution in [0.25, 0.3) is 11.0 Å². The molecule has 1 amide bonds. The monoisotopic (exact) mass is 452 g/mol. The predicted octanol–water partition coefficient (Wildman–Crippen LogP) is 4.49. The summed E-state index contributed by atoms with van der Waals surface area (Å²) in [7, 11) is -3.29. The summed E-state index contributed by atoms with van der Waals surface area (Å²) < 4.78 is 23.6. The van der Waals surface area contributed by atoms with Gasteiger partial charge in [0.1, 0.15) is 0 Å². The van der Waals surface area contributed by atoms with E-state index in [-0.39, 0.29) is 16.8 Å². The molecule has 7 nitrogen and oxygen atoms in total. The molecule has 0 spiro atoms. The topological polar surface area (TPSA) is 92.3 Å². The molecule has 1 saturated heterocycles. The second kappa shape index (κ2) is 8.86. The Morgan fingerprint density at radius 1 is 1.16 bits per heavy atom. The molecule has 3 heterocycles. The number of carbonyl (C=O) groups is 1. The van der Waals surface area contributed by atoms with E-state index < -0.39 is 9.84 Å². The minimum absolute atomic E-state index is 0.0400. The number of benzene rings is 1. The smallest absolute Gasteiger partial charge is 0.257 e. The Morgan fingerprint density at radius 2 is 1.91 bits per heavy atom. The molecular weight excluding hydrogens is 424 g/mol. The zero-order valence-corrected chi connectivity index (χ0v) is 19.4. The third-order valence-corrected chi connectivity index (χ3v) is 7.14. The van der Waals surface area contributed by atoms with Gasteiger partial charge in [-0.1, -0.05) is 6.92 Å². The molecule has 0 radical (unpaired) electrons. The van der Waals surface area contributed by atoms with Crippen LogP contribution in [-0.2, 0) is 9.84 Å². The number of piperidine rings is 1. The molecule has 168 valence electrons. The lowest BCUT2D eigenvalue weighted by Gasteiger charge is -2.35. The summed E-state index contributed by atoms with van der Waals surface area (Å²) in [6.45, 7) is 4.75. The lowest BCUT2D eigenvalue weighted by molar-refractivity contribution is 0.0609. The highest BCUT2D eigenvalue weighted by atomic mass is 32.2. The van der Waals surface area contributed by atoms with E-state index in [1.807, 2.05) is 24.0 Å². The van der Waals surface area contributed by atoms with E-state index in [1.165, 1.54) is 6.26 Å². The normalized spacial score (nSPS) is 16.8. The van der Waals surface area contributed by atoms with Crippen molar-refractivity contribution in [3.63, 3.8) is 0 Å². The van der Waals surface area contributed by atoms with Crippen molar-refractivity contribution in [1.82, 2.24) is 14.9 Å².